The summed E-state index contributed by atoms with van der Waals surface area (Å²) < 4.78 is 0. The van der Waals surface area contributed by atoms with E-state index in [4.69, 9.17) is 10.7 Å². The topological polar surface area (TPSA) is 99.8 Å². The van der Waals surface area contributed by atoms with Gasteiger partial charge in [-0.05, 0) is 56.7 Å². The molecule has 2 amide bonds. The maximum Gasteiger partial charge on any atom is 0.251 e. The number of hydrogen-bond acceptors (Lipinski definition) is 3. The largest absolute Gasteiger partial charge is 0.370 e. The van der Waals surface area contributed by atoms with Crippen LogP contribution in [0.25, 0.3) is 0 Å². The average Bonchev–Trinajstić information content (AvgIpc) is 2.71. The highest BCUT2D eigenvalue weighted by Gasteiger charge is 2.23. The first-order valence-electron chi connectivity index (χ1n) is 10.6. The molecule has 0 aliphatic carbocycles. The molecular weight excluding hydrogens is 366 g/mol. The molecule has 1 aromatic rings. The van der Waals surface area contributed by atoms with Crippen LogP contribution in [-0.4, -0.2) is 48.3 Å². The summed E-state index contributed by atoms with van der Waals surface area (Å²) in [5.74, 6) is 0.862. The van der Waals surface area contributed by atoms with E-state index < -0.39 is 0 Å². The molecule has 0 spiro atoms. The van der Waals surface area contributed by atoms with Crippen LogP contribution in [0.15, 0.2) is 29.3 Å². The number of nitrogens with two attached hydrogens (primary N) is 1. The molecule has 7 heteroatoms. The molecule has 1 heterocycles. The lowest BCUT2D eigenvalue weighted by molar-refractivity contribution is -0.119. The van der Waals surface area contributed by atoms with Gasteiger partial charge in [0.05, 0.1) is 6.54 Å². The Balaban J connectivity index is 2.00. The highest BCUT2D eigenvalue weighted by Crippen LogP contribution is 2.19. The molecule has 0 radical (unpaired) electrons. The van der Waals surface area contributed by atoms with Crippen molar-refractivity contribution in [3.63, 3.8) is 0 Å². The molecule has 29 heavy (non-hydrogen) atoms. The Hall–Kier alpha value is -2.57. The number of likely N-dealkylation sites (tertiary alicyclic amines) is 1. The molecule has 1 saturated heterocycles. The predicted octanol–water partition coefficient (Wildman–Crippen LogP) is 2.27. The third kappa shape index (κ3) is 7.40. The minimum Gasteiger partial charge on any atom is -0.370 e. The Labute approximate surface area is 174 Å². The second kappa shape index (κ2) is 11.4. The number of piperidine rings is 1. The van der Waals surface area contributed by atoms with Gasteiger partial charge in [-0.15, -0.1) is 0 Å². The van der Waals surface area contributed by atoms with Crippen molar-refractivity contribution < 1.29 is 9.59 Å². The van der Waals surface area contributed by atoms with Crippen molar-refractivity contribution in [1.29, 1.82) is 0 Å². The van der Waals surface area contributed by atoms with E-state index in [0.717, 1.165) is 50.4 Å². The van der Waals surface area contributed by atoms with Crippen LogP contribution in [-0.2, 0) is 11.3 Å². The highest BCUT2D eigenvalue weighted by atomic mass is 16.2. The van der Waals surface area contributed by atoms with E-state index >= 15 is 0 Å². The molecule has 4 N–H and O–H groups in total. The normalized spacial score (nSPS) is 18.2. The van der Waals surface area contributed by atoms with Crippen LogP contribution in [0.1, 0.15) is 62.4 Å². The quantitative estimate of drug-likeness (QED) is 0.459. The van der Waals surface area contributed by atoms with Crippen molar-refractivity contribution in [3.05, 3.63) is 35.4 Å². The highest BCUT2D eigenvalue weighted by molar-refractivity contribution is 5.94. The van der Waals surface area contributed by atoms with E-state index in [1.807, 2.05) is 45.0 Å². The SMILES string of the molecule is CCNC(=NCc1ccc(C(=O)NC(C)CC)cc1)N1CCCC(CC(N)=O)C1. The summed E-state index contributed by atoms with van der Waals surface area (Å²) in [6.45, 7) is 9.13. The van der Waals surface area contributed by atoms with Crippen LogP contribution in [0, 0.1) is 5.92 Å². The van der Waals surface area contributed by atoms with Gasteiger partial charge in [-0.25, -0.2) is 4.99 Å². The summed E-state index contributed by atoms with van der Waals surface area (Å²) in [6.07, 6.45) is 3.39. The Bertz CT molecular complexity index is 702. The van der Waals surface area contributed by atoms with Gasteiger partial charge >= 0.3 is 0 Å². The summed E-state index contributed by atoms with van der Waals surface area (Å²) in [6, 6.07) is 7.76. The van der Waals surface area contributed by atoms with Crippen LogP contribution in [0.2, 0.25) is 0 Å². The number of hydrogen-bond donors (Lipinski definition) is 3. The van der Waals surface area contributed by atoms with E-state index in [2.05, 4.69) is 15.5 Å². The number of nitrogens with one attached hydrogen (secondary N) is 2. The Morgan fingerprint density at radius 1 is 1.28 bits per heavy atom. The van der Waals surface area contributed by atoms with Crippen molar-refractivity contribution in [3.8, 4) is 0 Å². The van der Waals surface area contributed by atoms with Gasteiger partial charge in [0.2, 0.25) is 5.91 Å². The maximum atomic E-state index is 12.2. The van der Waals surface area contributed by atoms with Crippen molar-refractivity contribution in [2.45, 2.75) is 59.0 Å². The van der Waals surface area contributed by atoms with Crippen LogP contribution >= 0.6 is 0 Å². The zero-order valence-corrected chi connectivity index (χ0v) is 17.9. The van der Waals surface area contributed by atoms with Gasteiger partial charge in [-0.1, -0.05) is 19.1 Å². The molecule has 0 aromatic heterocycles. The van der Waals surface area contributed by atoms with Gasteiger partial charge in [-0.2, -0.15) is 0 Å². The fraction of sp³-hybridized carbons (Fsp3) is 0.591. The number of benzene rings is 1. The lowest BCUT2D eigenvalue weighted by Gasteiger charge is -2.34. The number of guanidine groups is 1. The second-order valence-corrected chi connectivity index (χ2v) is 7.77. The van der Waals surface area contributed by atoms with Gasteiger partial charge in [-0.3, -0.25) is 9.59 Å². The standard InChI is InChI=1S/C22H35N5O2/c1-4-16(3)26-21(29)19-10-8-17(9-11-19)14-25-22(24-5-2)27-12-6-7-18(15-27)13-20(23)28/h8-11,16,18H,4-7,12-15H2,1-3H3,(H2,23,28)(H,24,25)(H,26,29). The van der Waals surface area contributed by atoms with Crippen molar-refractivity contribution in [1.82, 2.24) is 15.5 Å². The molecular formula is C22H35N5O2. The molecule has 0 bridgehead atoms. The van der Waals surface area contributed by atoms with E-state index in [0.29, 0.717) is 18.5 Å². The molecule has 2 unspecified atom stereocenters. The molecule has 160 valence electrons. The van der Waals surface area contributed by atoms with Crippen molar-refractivity contribution in [2.75, 3.05) is 19.6 Å². The summed E-state index contributed by atoms with van der Waals surface area (Å²) in [5, 5.41) is 6.33. The Morgan fingerprint density at radius 2 is 2.00 bits per heavy atom. The number of carbonyl (C=O) groups is 2. The zero-order chi connectivity index (χ0) is 21.2. The number of primary amides is 1. The van der Waals surface area contributed by atoms with Gasteiger partial charge in [0.15, 0.2) is 5.96 Å². The maximum absolute atomic E-state index is 12.2. The first kappa shape index (κ1) is 22.7. The molecule has 1 aromatic carbocycles. The Morgan fingerprint density at radius 3 is 2.62 bits per heavy atom. The fourth-order valence-electron chi connectivity index (χ4n) is 3.47. The first-order valence-corrected chi connectivity index (χ1v) is 10.6. The van der Waals surface area contributed by atoms with Gasteiger partial charge in [0.25, 0.3) is 5.91 Å². The zero-order valence-electron chi connectivity index (χ0n) is 17.9. The average molecular weight is 402 g/mol. The molecule has 2 atom stereocenters. The molecule has 1 aliphatic rings. The Kier molecular flexibility index (Phi) is 8.96. The monoisotopic (exact) mass is 401 g/mol. The number of rotatable bonds is 8. The lowest BCUT2D eigenvalue weighted by atomic mass is 9.95. The molecule has 7 nitrogen and oxygen atoms in total. The number of aliphatic imine (C=N–C) groups is 1. The van der Waals surface area contributed by atoms with Crippen LogP contribution < -0.4 is 16.4 Å². The minimum atomic E-state index is -0.240. The summed E-state index contributed by atoms with van der Waals surface area (Å²) >= 11 is 0. The predicted molar refractivity (Wildman–Crippen MR) is 117 cm³/mol. The van der Waals surface area contributed by atoms with E-state index in [9.17, 15) is 9.59 Å². The van der Waals surface area contributed by atoms with Crippen LogP contribution in [0.3, 0.4) is 0 Å². The molecule has 0 saturated carbocycles. The van der Waals surface area contributed by atoms with Crippen molar-refractivity contribution in [2.24, 2.45) is 16.6 Å². The molecule has 1 aliphatic heterocycles. The fourth-order valence-corrected chi connectivity index (χ4v) is 3.47. The third-order valence-corrected chi connectivity index (χ3v) is 5.26. The smallest absolute Gasteiger partial charge is 0.251 e. The number of amides is 2. The summed E-state index contributed by atoms with van der Waals surface area (Å²) in [5.41, 5.74) is 7.08. The summed E-state index contributed by atoms with van der Waals surface area (Å²) in [4.78, 5) is 30.5. The van der Waals surface area contributed by atoms with Crippen LogP contribution in [0.4, 0.5) is 0 Å². The van der Waals surface area contributed by atoms with Gasteiger partial charge in [0, 0.05) is 37.7 Å². The van der Waals surface area contributed by atoms with E-state index in [-0.39, 0.29) is 23.8 Å². The van der Waals surface area contributed by atoms with Crippen molar-refractivity contribution >= 4 is 17.8 Å². The molecule has 1 fully saturated rings. The van der Waals surface area contributed by atoms with Gasteiger partial charge in [0.1, 0.15) is 0 Å². The number of carbonyl (C=O) groups excluding carboxylic acids is 2. The van der Waals surface area contributed by atoms with Crippen LogP contribution in [0.5, 0.6) is 0 Å². The van der Waals surface area contributed by atoms with E-state index in [1.54, 1.807) is 0 Å². The summed E-state index contributed by atoms with van der Waals surface area (Å²) in [7, 11) is 0. The third-order valence-electron chi connectivity index (χ3n) is 5.26. The van der Waals surface area contributed by atoms with Gasteiger partial charge < -0.3 is 21.3 Å². The van der Waals surface area contributed by atoms with E-state index in [1.165, 1.54) is 0 Å². The molecule has 2 rings (SSSR count). The first-order chi connectivity index (χ1) is 13.9. The number of nitrogens with zero attached hydrogens (tertiary/aromatic N) is 2. The lowest BCUT2D eigenvalue weighted by Crippen LogP contribution is -2.47. The minimum absolute atomic E-state index is 0.0449. The second-order valence-electron chi connectivity index (χ2n) is 7.77.